The van der Waals surface area contributed by atoms with Crippen molar-refractivity contribution in [3.63, 3.8) is 0 Å². The van der Waals surface area contributed by atoms with Gasteiger partial charge < -0.3 is 5.11 Å². The highest BCUT2D eigenvalue weighted by Crippen LogP contribution is 2.31. The number of benzene rings is 3. The van der Waals surface area contributed by atoms with Crippen molar-refractivity contribution in [1.29, 1.82) is 0 Å². The van der Waals surface area contributed by atoms with Gasteiger partial charge in [0.15, 0.2) is 11.6 Å². The summed E-state index contributed by atoms with van der Waals surface area (Å²) in [7, 11) is 0. The highest BCUT2D eigenvalue weighted by Gasteiger charge is 2.20. The van der Waals surface area contributed by atoms with Gasteiger partial charge in [-0.05, 0) is 28.8 Å². The molecule has 1 atom stereocenters. The molecule has 0 spiro atoms. The van der Waals surface area contributed by atoms with Gasteiger partial charge in [-0.3, -0.25) is 0 Å². The van der Waals surface area contributed by atoms with Crippen LogP contribution in [-0.4, -0.2) is 5.11 Å². The van der Waals surface area contributed by atoms with E-state index in [1.165, 1.54) is 19.1 Å². The molecule has 0 aromatic heterocycles. The number of halogens is 2. The van der Waals surface area contributed by atoms with Crippen molar-refractivity contribution < 1.29 is 13.9 Å². The molecule has 3 heteroatoms. The third kappa shape index (κ3) is 2.30. The summed E-state index contributed by atoms with van der Waals surface area (Å²) in [6.45, 7) is 1.49. The molecule has 0 fully saturated rings. The van der Waals surface area contributed by atoms with Gasteiger partial charge >= 0.3 is 0 Å². The van der Waals surface area contributed by atoms with Crippen LogP contribution in [0.25, 0.3) is 10.8 Å². The summed E-state index contributed by atoms with van der Waals surface area (Å²) in [6.07, 6.45) is -1.20. The number of fused-ring (bicyclic) bond motifs is 1. The standard InChI is InChI=1S/C18H14F2O/c1-11-9-10-15(17(20)16(11)19)18(21)14-8-4-6-12-5-2-3-7-13(12)14/h2-10,18,21H,1H3. The Morgan fingerprint density at radius 1 is 0.810 bits per heavy atom. The zero-order valence-electron chi connectivity index (χ0n) is 11.5. The van der Waals surface area contributed by atoms with E-state index < -0.39 is 17.7 Å². The van der Waals surface area contributed by atoms with Gasteiger partial charge in [-0.25, -0.2) is 8.78 Å². The highest BCUT2D eigenvalue weighted by molar-refractivity contribution is 5.86. The number of hydrogen-bond acceptors (Lipinski definition) is 1. The van der Waals surface area contributed by atoms with Crippen molar-refractivity contribution in [1.82, 2.24) is 0 Å². The van der Waals surface area contributed by atoms with Crippen molar-refractivity contribution >= 4 is 10.8 Å². The molecular formula is C18H14F2O. The summed E-state index contributed by atoms with van der Waals surface area (Å²) < 4.78 is 27.8. The number of rotatable bonds is 2. The monoisotopic (exact) mass is 284 g/mol. The van der Waals surface area contributed by atoms with E-state index in [0.29, 0.717) is 5.56 Å². The molecule has 1 nitrogen and oxygen atoms in total. The molecule has 0 amide bonds. The zero-order chi connectivity index (χ0) is 15.0. The second-order valence-electron chi connectivity index (χ2n) is 5.07. The first-order chi connectivity index (χ1) is 10.1. The van der Waals surface area contributed by atoms with E-state index in [2.05, 4.69) is 0 Å². The van der Waals surface area contributed by atoms with Gasteiger partial charge in [-0.1, -0.05) is 54.6 Å². The molecule has 1 N–H and O–H groups in total. The lowest BCUT2D eigenvalue weighted by Gasteiger charge is -2.16. The maximum atomic E-state index is 14.1. The van der Waals surface area contributed by atoms with Crippen LogP contribution in [0.3, 0.4) is 0 Å². The lowest BCUT2D eigenvalue weighted by Crippen LogP contribution is -2.06. The van der Waals surface area contributed by atoms with Crippen LogP contribution >= 0.6 is 0 Å². The van der Waals surface area contributed by atoms with Gasteiger partial charge in [0, 0.05) is 5.56 Å². The maximum Gasteiger partial charge on any atom is 0.165 e. The minimum absolute atomic E-state index is 0.0468. The van der Waals surface area contributed by atoms with Gasteiger partial charge in [-0.15, -0.1) is 0 Å². The Hall–Kier alpha value is -2.26. The summed E-state index contributed by atoms with van der Waals surface area (Å²) in [6, 6.07) is 15.9. The third-order valence-electron chi connectivity index (χ3n) is 3.72. The predicted octanol–water partition coefficient (Wildman–Crippen LogP) is 4.51. The van der Waals surface area contributed by atoms with Crippen LogP contribution in [0.1, 0.15) is 22.8 Å². The van der Waals surface area contributed by atoms with Crippen molar-refractivity contribution in [2.75, 3.05) is 0 Å². The molecule has 0 bridgehead atoms. The normalized spacial score (nSPS) is 12.6. The zero-order valence-corrected chi connectivity index (χ0v) is 11.5. The fourth-order valence-electron chi connectivity index (χ4n) is 2.53. The second-order valence-corrected chi connectivity index (χ2v) is 5.07. The Kier molecular flexibility index (Phi) is 3.43. The Bertz CT molecular complexity index is 806. The van der Waals surface area contributed by atoms with E-state index in [4.69, 9.17) is 0 Å². The van der Waals surface area contributed by atoms with E-state index in [1.54, 1.807) is 12.1 Å². The molecular weight excluding hydrogens is 270 g/mol. The molecule has 0 aliphatic rings. The highest BCUT2D eigenvalue weighted by atomic mass is 19.2. The molecule has 106 valence electrons. The quantitative estimate of drug-likeness (QED) is 0.734. The Balaban J connectivity index is 2.17. The average Bonchev–Trinajstić information content (AvgIpc) is 2.51. The lowest BCUT2D eigenvalue weighted by molar-refractivity contribution is 0.215. The first-order valence-corrected chi connectivity index (χ1v) is 6.70. The molecule has 0 heterocycles. The Labute approximate surface area is 121 Å². The molecule has 3 rings (SSSR count). The van der Waals surface area contributed by atoms with Gasteiger partial charge in [-0.2, -0.15) is 0 Å². The SMILES string of the molecule is Cc1ccc(C(O)c2cccc3ccccc23)c(F)c1F. The first-order valence-electron chi connectivity index (χ1n) is 6.70. The third-order valence-corrected chi connectivity index (χ3v) is 3.72. The van der Waals surface area contributed by atoms with Crippen molar-refractivity contribution in [3.8, 4) is 0 Å². The number of hydrogen-bond donors (Lipinski definition) is 1. The van der Waals surface area contributed by atoms with E-state index in [1.807, 2.05) is 30.3 Å². The summed E-state index contributed by atoms with van der Waals surface area (Å²) >= 11 is 0. The van der Waals surface area contributed by atoms with Crippen LogP contribution in [0.5, 0.6) is 0 Å². The molecule has 0 aliphatic heterocycles. The smallest absolute Gasteiger partial charge is 0.165 e. The van der Waals surface area contributed by atoms with Gasteiger partial charge in [0.2, 0.25) is 0 Å². The molecule has 0 radical (unpaired) electrons. The van der Waals surface area contributed by atoms with Crippen molar-refractivity contribution in [2.45, 2.75) is 13.0 Å². The topological polar surface area (TPSA) is 20.2 Å². The molecule has 1 unspecified atom stereocenters. The largest absolute Gasteiger partial charge is 0.384 e. The fraction of sp³-hybridized carbons (Fsp3) is 0.111. The van der Waals surface area contributed by atoms with E-state index in [0.717, 1.165) is 10.8 Å². The number of aryl methyl sites for hydroxylation is 1. The van der Waals surface area contributed by atoms with Gasteiger partial charge in [0.05, 0.1) is 0 Å². The van der Waals surface area contributed by atoms with E-state index in [9.17, 15) is 13.9 Å². The molecule has 21 heavy (non-hydrogen) atoms. The van der Waals surface area contributed by atoms with Crippen molar-refractivity contribution in [2.24, 2.45) is 0 Å². The number of aliphatic hydroxyl groups is 1. The lowest BCUT2D eigenvalue weighted by atomic mass is 9.95. The first kappa shape index (κ1) is 13.7. The van der Waals surface area contributed by atoms with E-state index in [-0.39, 0.29) is 11.1 Å². The summed E-state index contributed by atoms with van der Waals surface area (Å²) in [5, 5.41) is 12.3. The average molecular weight is 284 g/mol. The predicted molar refractivity (Wildman–Crippen MR) is 79.1 cm³/mol. The summed E-state index contributed by atoms with van der Waals surface area (Å²) in [4.78, 5) is 0. The Morgan fingerprint density at radius 2 is 1.52 bits per heavy atom. The van der Waals surface area contributed by atoms with Crippen LogP contribution in [-0.2, 0) is 0 Å². The molecule has 0 saturated heterocycles. The van der Waals surface area contributed by atoms with E-state index >= 15 is 0 Å². The van der Waals surface area contributed by atoms with Gasteiger partial charge in [0.25, 0.3) is 0 Å². The minimum atomic E-state index is -1.20. The van der Waals surface area contributed by atoms with Crippen LogP contribution in [0.2, 0.25) is 0 Å². The van der Waals surface area contributed by atoms with Crippen LogP contribution in [0, 0.1) is 18.6 Å². The van der Waals surface area contributed by atoms with Crippen LogP contribution < -0.4 is 0 Å². The van der Waals surface area contributed by atoms with Crippen molar-refractivity contribution in [3.05, 3.63) is 82.9 Å². The van der Waals surface area contributed by atoms with Crippen LogP contribution in [0.15, 0.2) is 54.6 Å². The minimum Gasteiger partial charge on any atom is -0.384 e. The second kappa shape index (κ2) is 5.26. The summed E-state index contributed by atoms with van der Waals surface area (Å²) in [5.41, 5.74) is 0.742. The summed E-state index contributed by atoms with van der Waals surface area (Å²) in [5.74, 6) is -1.90. The number of aliphatic hydroxyl groups excluding tert-OH is 1. The molecule has 0 saturated carbocycles. The molecule has 3 aromatic rings. The molecule has 3 aromatic carbocycles. The van der Waals surface area contributed by atoms with Crippen LogP contribution in [0.4, 0.5) is 8.78 Å². The van der Waals surface area contributed by atoms with Gasteiger partial charge in [0.1, 0.15) is 6.10 Å². The molecule has 0 aliphatic carbocycles. The fourth-order valence-corrected chi connectivity index (χ4v) is 2.53. The maximum absolute atomic E-state index is 14.1. The Morgan fingerprint density at radius 3 is 2.33 bits per heavy atom.